The number of carbonyl (C=O) groups excluding carboxylic acids is 3. The average molecular weight is 890 g/mol. The molecule has 6 rings (SSSR count). The summed E-state index contributed by atoms with van der Waals surface area (Å²) in [5, 5.41) is 0. The average Bonchev–Trinajstić information content (AvgIpc) is 3.24. The van der Waals surface area contributed by atoms with Gasteiger partial charge in [0.25, 0.3) is 0 Å². The fraction of sp³-hybridized carbons (Fsp3) is 0.173. The molecule has 0 fully saturated rings. The van der Waals surface area contributed by atoms with Gasteiger partial charge in [0.05, 0.1) is 10.9 Å². The van der Waals surface area contributed by atoms with Crippen molar-refractivity contribution < 1.29 is 23.2 Å². The Morgan fingerprint density at radius 2 is 0.656 bits per heavy atom. The lowest BCUT2D eigenvalue weighted by Crippen LogP contribution is -2.04. The second-order valence-electron chi connectivity index (χ2n) is 13.8. The van der Waals surface area contributed by atoms with Crippen molar-refractivity contribution in [2.24, 2.45) is 5.92 Å². The van der Waals surface area contributed by atoms with E-state index in [0.717, 1.165) is 29.4 Å². The summed E-state index contributed by atoms with van der Waals surface area (Å²) in [4.78, 5) is 45.4. The molecule has 3 nitrogen and oxygen atoms in total. The van der Waals surface area contributed by atoms with Crippen molar-refractivity contribution in [3.8, 4) is 0 Å². The first-order valence-electron chi connectivity index (χ1n) is 19.8. The van der Waals surface area contributed by atoms with Crippen molar-refractivity contribution in [3.05, 3.63) is 186 Å². The Balaban J connectivity index is 0.000000601. The van der Waals surface area contributed by atoms with E-state index in [2.05, 4.69) is 79.4 Å². The fourth-order valence-electron chi connectivity index (χ4n) is 5.92. The van der Waals surface area contributed by atoms with Crippen molar-refractivity contribution in [2.75, 3.05) is 0 Å². The molecule has 0 atom stereocenters. The predicted octanol–water partition coefficient (Wildman–Crippen LogP) is 16.2. The number of rotatable bonds is 14. The highest BCUT2D eigenvalue weighted by molar-refractivity contribution is 8.00. The van der Waals surface area contributed by atoms with Crippen LogP contribution in [0.2, 0.25) is 0 Å². The van der Waals surface area contributed by atoms with Crippen molar-refractivity contribution in [1.82, 2.24) is 0 Å². The lowest BCUT2D eigenvalue weighted by Gasteiger charge is -2.11. The van der Waals surface area contributed by atoms with Gasteiger partial charge in [-0.05, 0) is 143 Å². The van der Waals surface area contributed by atoms with Crippen LogP contribution >= 0.6 is 35.3 Å². The van der Waals surface area contributed by atoms with Gasteiger partial charge < -0.3 is 0 Å². The lowest BCUT2D eigenvalue weighted by molar-refractivity contribution is 0.100. The van der Waals surface area contributed by atoms with E-state index in [1.807, 2.05) is 86.6 Å². The van der Waals surface area contributed by atoms with E-state index in [1.54, 1.807) is 69.9 Å². The molecule has 0 aliphatic carbocycles. The molecule has 0 saturated heterocycles. The third-order valence-electron chi connectivity index (χ3n) is 8.91. The molecular formula is C52H51F2O3S4+. The molecule has 0 heterocycles. The van der Waals surface area contributed by atoms with E-state index in [0.29, 0.717) is 16.7 Å². The number of benzene rings is 6. The van der Waals surface area contributed by atoms with E-state index in [9.17, 15) is 23.2 Å². The second-order valence-corrected chi connectivity index (χ2v) is 19.2. The van der Waals surface area contributed by atoms with Crippen molar-refractivity contribution in [1.29, 1.82) is 0 Å². The summed E-state index contributed by atoms with van der Waals surface area (Å²) in [6.45, 7) is 16.5. The minimum Gasteiger partial charge on any atom is -0.295 e. The summed E-state index contributed by atoms with van der Waals surface area (Å²) in [6, 6.07) is 49.5. The first-order chi connectivity index (χ1) is 29.2. The summed E-state index contributed by atoms with van der Waals surface area (Å²) in [5.74, 6) is -1.09. The molecule has 314 valence electrons. The highest BCUT2D eigenvalue weighted by Gasteiger charge is 2.29. The number of ketones is 3. The monoisotopic (exact) mass is 889 g/mol. The van der Waals surface area contributed by atoms with Crippen LogP contribution in [-0.4, -0.2) is 17.3 Å². The number of halogens is 2. The van der Waals surface area contributed by atoms with Crippen LogP contribution in [0.1, 0.15) is 86.5 Å². The SMILES string of the molecule is C=C(F)/C(=C(\C)F)C(C)C.CC.CC(=O)c1ccc(Sc2ccc([S+](c3ccc(Sc4ccc(C(C)=O)cc4)cc3)c3ccc(Sc4ccc(C(C)=O)cc4)cc3)cc2)cc1. The first kappa shape index (κ1) is 48.7. The Hall–Kier alpha value is -4.93. The molecule has 6 aromatic rings. The molecule has 0 spiro atoms. The number of allylic oxidation sites excluding steroid dienone is 3. The van der Waals surface area contributed by atoms with Crippen LogP contribution in [-0.2, 0) is 10.9 Å². The van der Waals surface area contributed by atoms with Gasteiger partial charge in [-0.3, -0.25) is 14.4 Å². The van der Waals surface area contributed by atoms with E-state index in [-0.39, 0.29) is 39.7 Å². The zero-order chi connectivity index (χ0) is 44.6. The van der Waals surface area contributed by atoms with Crippen LogP contribution in [0.25, 0.3) is 0 Å². The zero-order valence-electron chi connectivity index (χ0n) is 35.8. The molecule has 0 radical (unpaired) electrons. The Morgan fingerprint density at radius 3 is 0.803 bits per heavy atom. The summed E-state index contributed by atoms with van der Waals surface area (Å²) >= 11 is 5.04. The summed E-state index contributed by atoms with van der Waals surface area (Å²) < 4.78 is 24.8. The van der Waals surface area contributed by atoms with E-state index in [1.165, 1.54) is 21.6 Å². The maximum Gasteiger partial charge on any atom is 0.166 e. The molecule has 9 heteroatoms. The van der Waals surface area contributed by atoms with Gasteiger partial charge in [0.1, 0.15) is 11.7 Å². The van der Waals surface area contributed by atoms with E-state index in [4.69, 9.17) is 0 Å². The van der Waals surface area contributed by atoms with Crippen LogP contribution in [0, 0.1) is 5.92 Å². The molecule has 0 N–H and O–H groups in total. The maximum atomic E-state index is 12.4. The van der Waals surface area contributed by atoms with Crippen LogP contribution < -0.4 is 0 Å². The van der Waals surface area contributed by atoms with E-state index < -0.39 is 11.7 Å². The van der Waals surface area contributed by atoms with Crippen molar-refractivity contribution in [3.63, 3.8) is 0 Å². The number of carbonyl (C=O) groups is 3. The summed E-state index contributed by atoms with van der Waals surface area (Å²) in [7, 11) is -0.344. The van der Waals surface area contributed by atoms with Gasteiger partial charge in [-0.15, -0.1) is 0 Å². The van der Waals surface area contributed by atoms with Crippen LogP contribution in [0.15, 0.2) is 213 Å². The molecule has 0 unspecified atom stereocenters. The molecule has 0 aliphatic rings. The topological polar surface area (TPSA) is 51.2 Å². The van der Waals surface area contributed by atoms with Gasteiger partial charge in [0, 0.05) is 51.6 Å². The third-order valence-corrected chi connectivity index (χ3v) is 14.2. The molecule has 0 bridgehead atoms. The van der Waals surface area contributed by atoms with Crippen LogP contribution in [0.5, 0.6) is 0 Å². The van der Waals surface area contributed by atoms with Gasteiger partial charge in [-0.1, -0.05) is 106 Å². The minimum absolute atomic E-state index is 0.0674. The molecule has 0 saturated carbocycles. The van der Waals surface area contributed by atoms with Gasteiger partial charge in [-0.2, -0.15) is 0 Å². The highest BCUT2D eigenvalue weighted by atomic mass is 32.2. The lowest BCUT2D eigenvalue weighted by atomic mass is 10.0. The number of hydrogen-bond donors (Lipinski definition) is 0. The Morgan fingerprint density at radius 1 is 0.443 bits per heavy atom. The molecule has 0 amide bonds. The highest BCUT2D eigenvalue weighted by Crippen LogP contribution is 2.37. The zero-order valence-corrected chi connectivity index (χ0v) is 39.0. The minimum atomic E-state index is -0.671. The summed E-state index contributed by atoms with van der Waals surface area (Å²) in [5.41, 5.74) is 2.23. The second kappa shape index (κ2) is 23.9. The Kier molecular flexibility index (Phi) is 19.1. The largest absolute Gasteiger partial charge is 0.295 e. The first-order valence-corrected chi connectivity index (χ1v) is 23.5. The fourth-order valence-corrected chi connectivity index (χ4v) is 10.4. The Labute approximate surface area is 375 Å². The third kappa shape index (κ3) is 14.6. The van der Waals surface area contributed by atoms with Gasteiger partial charge in [-0.25, -0.2) is 8.78 Å². The smallest absolute Gasteiger partial charge is 0.166 e. The normalized spacial score (nSPS) is 11.1. The van der Waals surface area contributed by atoms with Crippen molar-refractivity contribution in [2.45, 2.75) is 99.4 Å². The Bertz CT molecular complexity index is 2170. The molecule has 0 aliphatic heterocycles. The van der Waals surface area contributed by atoms with Gasteiger partial charge in [0.2, 0.25) is 0 Å². The number of Topliss-reactive ketones (excluding diaryl/α,β-unsaturated/α-hetero) is 3. The molecule has 0 aromatic heterocycles. The number of hydrogen-bond acceptors (Lipinski definition) is 6. The van der Waals surface area contributed by atoms with Crippen LogP contribution in [0.3, 0.4) is 0 Å². The standard InChI is InChI=1S/C42H33O3S4.C8H12F2.C2H6/c1-28(43)31-4-10-34(11-5-31)46-37-16-22-40(23-17-37)49(41-24-18-38(19-25-41)47-35-12-6-32(7-13-35)29(2)44)42-26-20-39(21-27-42)48-36-14-8-33(9-15-36)30(3)45;1-5(2)8(6(3)9)7(4)10;1-2/h4-27H,1-3H3;5H,3H2,1-2,4H3;1-2H3/q+1;;/b;8-7+;. The van der Waals surface area contributed by atoms with Crippen LogP contribution in [0.4, 0.5) is 8.78 Å². The van der Waals surface area contributed by atoms with Gasteiger partial charge >= 0.3 is 0 Å². The van der Waals surface area contributed by atoms with Gasteiger partial charge in [0.15, 0.2) is 32.0 Å². The summed E-state index contributed by atoms with van der Waals surface area (Å²) in [6.07, 6.45) is 0. The predicted molar refractivity (Wildman–Crippen MR) is 253 cm³/mol. The molecule has 6 aromatic carbocycles. The van der Waals surface area contributed by atoms with E-state index >= 15 is 0 Å². The maximum absolute atomic E-state index is 12.4. The van der Waals surface area contributed by atoms with Crippen molar-refractivity contribution >= 4 is 63.5 Å². The molecular weight excluding hydrogens is 839 g/mol. The molecule has 61 heavy (non-hydrogen) atoms. The quantitative estimate of drug-likeness (QED) is 0.0617.